The number of para-hydroxylation sites is 1. The van der Waals surface area contributed by atoms with Crippen molar-refractivity contribution in [3.63, 3.8) is 0 Å². The van der Waals surface area contributed by atoms with Gasteiger partial charge in [0.15, 0.2) is 0 Å². The molecule has 104 valence electrons. The van der Waals surface area contributed by atoms with E-state index in [1.165, 1.54) is 31.4 Å². The molecule has 0 radical (unpaired) electrons. The molecule has 2 N–H and O–H groups in total. The number of benzene rings is 1. The van der Waals surface area contributed by atoms with Crippen molar-refractivity contribution in [2.75, 3.05) is 0 Å². The maximum Gasteiger partial charge on any atom is 0.339 e. The van der Waals surface area contributed by atoms with Crippen molar-refractivity contribution in [2.45, 2.75) is 40.0 Å². The molecule has 0 bridgehead atoms. The van der Waals surface area contributed by atoms with Crippen molar-refractivity contribution in [2.24, 2.45) is 5.41 Å². The van der Waals surface area contributed by atoms with Crippen molar-refractivity contribution < 1.29 is 15.0 Å². The summed E-state index contributed by atoms with van der Waals surface area (Å²) in [7, 11) is 0. The Labute approximate surface area is 114 Å². The van der Waals surface area contributed by atoms with Crippen molar-refractivity contribution in [1.29, 1.82) is 0 Å². The monoisotopic (exact) mass is 262 g/mol. The summed E-state index contributed by atoms with van der Waals surface area (Å²) in [6, 6.07) is 5.81. The fraction of sp³-hybridized carbons (Fsp3) is 0.438. The van der Waals surface area contributed by atoms with Gasteiger partial charge in [-0.25, -0.2) is 4.79 Å². The summed E-state index contributed by atoms with van der Waals surface area (Å²) in [5.74, 6) is -1.31. The zero-order valence-corrected chi connectivity index (χ0v) is 11.8. The number of carboxylic acids is 1. The number of rotatable bonds is 1. The summed E-state index contributed by atoms with van der Waals surface area (Å²) in [6.45, 7) is 6.94. The van der Waals surface area contributed by atoms with Gasteiger partial charge in [-0.2, -0.15) is 0 Å². The average Bonchev–Trinajstić information content (AvgIpc) is 2.28. The number of hydrogen-bond donors (Lipinski definition) is 2. The fourth-order valence-corrected chi connectivity index (χ4v) is 2.28. The van der Waals surface area contributed by atoms with Crippen LogP contribution < -0.4 is 0 Å². The Kier molecular flexibility index (Phi) is 5.16. The van der Waals surface area contributed by atoms with Crippen LogP contribution in [0.15, 0.2) is 35.9 Å². The number of phenols is 1. The van der Waals surface area contributed by atoms with Crippen LogP contribution in [0.4, 0.5) is 0 Å². The first-order valence-corrected chi connectivity index (χ1v) is 6.49. The maximum absolute atomic E-state index is 10.3. The van der Waals surface area contributed by atoms with E-state index < -0.39 is 5.97 Å². The summed E-state index contributed by atoms with van der Waals surface area (Å²) in [4.78, 5) is 10.3. The molecule has 1 aromatic rings. The smallest absolute Gasteiger partial charge is 0.339 e. The van der Waals surface area contributed by atoms with Crippen LogP contribution in [0.3, 0.4) is 0 Å². The second-order valence-corrected chi connectivity index (χ2v) is 5.75. The Hall–Kier alpha value is -1.77. The van der Waals surface area contributed by atoms with E-state index in [2.05, 4.69) is 26.8 Å². The van der Waals surface area contributed by atoms with Gasteiger partial charge in [0.05, 0.1) is 0 Å². The van der Waals surface area contributed by atoms with E-state index >= 15 is 0 Å². The number of carbonyl (C=O) groups is 1. The highest BCUT2D eigenvalue weighted by molar-refractivity contribution is 5.90. The Morgan fingerprint density at radius 3 is 2.26 bits per heavy atom. The Morgan fingerprint density at radius 2 is 1.89 bits per heavy atom. The molecule has 0 saturated heterocycles. The summed E-state index contributed by atoms with van der Waals surface area (Å²) < 4.78 is 0. The topological polar surface area (TPSA) is 57.5 Å². The highest BCUT2D eigenvalue weighted by Gasteiger charge is 2.20. The Bertz CT molecular complexity index is 473. The van der Waals surface area contributed by atoms with Crippen LogP contribution in [-0.2, 0) is 0 Å². The van der Waals surface area contributed by atoms with Crippen molar-refractivity contribution in [1.82, 2.24) is 0 Å². The van der Waals surface area contributed by atoms with Gasteiger partial charge in [-0.1, -0.05) is 37.6 Å². The molecule has 0 amide bonds. The van der Waals surface area contributed by atoms with E-state index in [-0.39, 0.29) is 11.3 Å². The van der Waals surface area contributed by atoms with Crippen molar-refractivity contribution >= 4 is 5.97 Å². The second-order valence-electron chi connectivity index (χ2n) is 5.75. The lowest BCUT2D eigenvalue weighted by Crippen LogP contribution is -2.14. The van der Waals surface area contributed by atoms with Gasteiger partial charge in [-0.05, 0) is 43.7 Å². The lowest BCUT2D eigenvalue weighted by atomic mass is 9.78. The Balaban J connectivity index is 0.000000191. The molecule has 2 rings (SSSR count). The van der Waals surface area contributed by atoms with E-state index in [1.54, 1.807) is 17.7 Å². The molecule has 0 atom stereocenters. The predicted octanol–water partition coefficient (Wildman–Crippen LogP) is 4.23. The molecule has 0 fully saturated rings. The Morgan fingerprint density at radius 1 is 1.26 bits per heavy atom. The predicted molar refractivity (Wildman–Crippen MR) is 76.5 cm³/mol. The molecule has 3 heteroatoms. The number of allylic oxidation sites excluding steroid dienone is 2. The fourth-order valence-electron chi connectivity index (χ4n) is 2.28. The molecule has 0 heterocycles. The number of hydrogen-bond acceptors (Lipinski definition) is 2. The van der Waals surface area contributed by atoms with Crippen LogP contribution in [0, 0.1) is 5.41 Å². The zero-order chi connectivity index (χ0) is 14.5. The van der Waals surface area contributed by atoms with Gasteiger partial charge < -0.3 is 10.2 Å². The number of carboxylic acid groups (broad SMARTS) is 1. The second kappa shape index (κ2) is 6.41. The maximum atomic E-state index is 10.3. The van der Waals surface area contributed by atoms with E-state index in [4.69, 9.17) is 10.2 Å². The first-order chi connectivity index (χ1) is 8.82. The minimum atomic E-state index is -1.11. The van der Waals surface area contributed by atoms with Crippen molar-refractivity contribution in [3.05, 3.63) is 41.5 Å². The van der Waals surface area contributed by atoms with E-state index in [0.29, 0.717) is 5.41 Å². The SMILES string of the molecule is CC1=CCCC(C)(C)C1.O=C(O)c1ccccc1O. The molecule has 1 aliphatic rings. The number of aromatic hydroxyl groups is 1. The lowest BCUT2D eigenvalue weighted by Gasteiger charge is -2.28. The lowest BCUT2D eigenvalue weighted by molar-refractivity contribution is 0.0693. The van der Waals surface area contributed by atoms with Gasteiger partial charge in [0, 0.05) is 0 Å². The van der Waals surface area contributed by atoms with Crippen LogP contribution in [-0.4, -0.2) is 16.2 Å². The minimum Gasteiger partial charge on any atom is -0.507 e. The largest absolute Gasteiger partial charge is 0.507 e. The molecule has 1 aromatic carbocycles. The van der Waals surface area contributed by atoms with Gasteiger partial charge in [0.25, 0.3) is 0 Å². The molecule has 0 aromatic heterocycles. The van der Waals surface area contributed by atoms with Crippen molar-refractivity contribution in [3.8, 4) is 5.75 Å². The van der Waals surface area contributed by atoms with Gasteiger partial charge in [0.1, 0.15) is 11.3 Å². The van der Waals surface area contributed by atoms with Crippen LogP contribution in [0.1, 0.15) is 50.4 Å². The molecule has 0 saturated carbocycles. The van der Waals surface area contributed by atoms with Crippen LogP contribution in [0.2, 0.25) is 0 Å². The first kappa shape index (κ1) is 15.3. The van der Waals surface area contributed by atoms with E-state index in [9.17, 15) is 4.79 Å². The third kappa shape index (κ3) is 5.16. The molecule has 19 heavy (non-hydrogen) atoms. The zero-order valence-electron chi connectivity index (χ0n) is 11.8. The van der Waals surface area contributed by atoms with Gasteiger partial charge in [-0.3, -0.25) is 0 Å². The third-order valence-electron chi connectivity index (χ3n) is 3.21. The normalized spacial score (nSPS) is 16.9. The molecule has 0 spiro atoms. The highest BCUT2D eigenvalue weighted by atomic mass is 16.4. The summed E-state index contributed by atoms with van der Waals surface area (Å²) >= 11 is 0. The van der Waals surface area contributed by atoms with Gasteiger partial charge in [0.2, 0.25) is 0 Å². The average molecular weight is 262 g/mol. The third-order valence-corrected chi connectivity index (χ3v) is 3.21. The summed E-state index contributed by atoms with van der Waals surface area (Å²) in [5.41, 5.74) is 2.09. The molecule has 1 aliphatic carbocycles. The van der Waals surface area contributed by atoms with Gasteiger partial charge in [-0.15, -0.1) is 0 Å². The highest BCUT2D eigenvalue weighted by Crippen LogP contribution is 2.34. The standard InChI is InChI=1S/C9H16.C7H6O3/c1-8-5-4-6-9(2,3)7-8;8-6-4-2-1-3-5(6)7(9)10/h5H,4,6-7H2,1-3H3;1-4,8H,(H,9,10). The molecular weight excluding hydrogens is 240 g/mol. The summed E-state index contributed by atoms with van der Waals surface area (Å²) in [6.07, 6.45) is 6.32. The quantitative estimate of drug-likeness (QED) is 0.744. The number of aromatic carboxylic acids is 1. The first-order valence-electron chi connectivity index (χ1n) is 6.49. The van der Waals surface area contributed by atoms with E-state index in [0.717, 1.165) is 0 Å². The van der Waals surface area contributed by atoms with Crippen LogP contribution in [0.5, 0.6) is 5.75 Å². The minimum absolute atomic E-state index is 0.0671. The molecule has 3 nitrogen and oxygen atoms in total. The van der Waals surface area contributed by atoms with E-state index in [1.807, 2.05) is 0 Å². The molecule has 0 unspecified atom stereocenters. The van der Waals surface area contributed by atoms with Crippen LogP contribution in [0.25, 0.3) is 0 Å². The van der Waals surface area contributed by atoms with Gasteiger partial charge >= 0.3 is 5.97 Å². The molecular formula is C16H22O3. The molecule has 0 aliphatic heterocycles. The van der Waals surface area contributed by atoms with Crippen LogP contribution >= 0.6 is 0 Å². The summed E-state index contributed by atoms with van der Waals surface area (Å²) in [5, 5.41) is 17.3.